The van der Waals surface area contributed by atoms with Gasteiger partial charge in [0.05, 0.1) is 13.5 Å². The van der Waals surface area contributed by atoms with Crippen LogP contribution in [0.2, 0.25) is 0 Å². The van der Waals surface area contributed by atoms with Crippen LogP contribution in [-0.2, 0) is 16.0 Å². The van der Waals surface area contributed by atoms with Crippen LogP contribution in [0.4, 0.5) is 0 Å². The Morgan fingerprint density at radius 1 is 1.50 bits per heavy atom. The third-order valence-electron chi connectivity index (χ3n) is 1.21. The van der Waals surface area contributed by atoms with Crippen molar-refractivity contribution in [3.8, 4) is 0 Å². The Kier molecular flexibility index (Phi) is 1.54. The van der Waals surface area contributed by atoms with Gasteiger partial charge in [-0.05, 0) is 5.56 Å². The van der Waals surface area contributed by atoms with Gasteiger partial charge in [0.2, 0.25) is 0 Å². The van der Waals surface area contributed by atoms with Crippen molar-refractivity contribution in [2.75, 3.05) is 6.61 Å². The summed E-state index contributed by atoms with van der Waals surface area (Å²) in [6.07, 6.45) is 0.106. The van der Waals surface area contributed by atoms with E-state index in [-0.39, 0.29) is 42.8 Å². The molecule has 0 aliphatic heterocycles. The smallest absolute Gasteiger partial charge is 0.302 e. The first-order valence-corrected chi connectivity index (χ1v) is 3.55. The summed E-state index contributed by atoms with van der Waals surface area (Å²) in [6, 6.07) is -1.66. The number of hydrogen-bond acceptors (Lipinski definition) is 2. The fraction of sp³-hybridized carbons (Fsp3) is 0.300. The molecule has 0 unspecified atom stereocenters. The van der Waals surface area contributed by atoms with Crippen LogP contribution >= 0.6 is 0 Å². The lowest BCUT2D eigenvalue weighted by Crippen LogP contribution is -2.02. The Balaban J connectivity index is 3.03. The minimum atomic E-state index is -0.461. The van der Waals surface area contributed by atoms with Crippen LogP contribution in [0.1, 0.15) is 19.3 Å². The molecule has 0 amide bonds. The fourth-order valence-electron chi connectivity index (χ4n) is 0.698. The highest BCUT2D eigenvalue weighted by atomic mass is 16.5. The quantitative estimate of drug-likeness (QED) is 0.645. The Morgan fingerprint density at radius 2 is 2.17 bits per heavy atom. The monoisotopic (exact) mass is 169 g/mol. The van der Waals surface area contributed by atoms with Crippen molar-refractivity contribution >= 4 is 5.97 Å². The normalized spacial score (nSPS) is 15.2. The molecule has 1 rings (SSSR count). The predicted octanol–water partition coefficient (Wildman–Crippen LogP) is 1.79. The SMILES string of the molecule is [2H]c1c([2H])c([2H])c(CCOC(C)=O)c([2H])c1[2H]. The van der Waals surface area contributed by atoms with Gasteiger partial charge in [-0.2, -0.15) is 0 Å². The summed E-state index contributed by atoms with van der Waals surface area (Å²) in [4.78, 5) is 10.6. The second kappa shape index (κ2) is 4.54. The zero-order chi connectivity index (χ0) is 13.2. The van der Waals surface area contributed by atoms with E-state index in [1.807, 2.05) is 0 Å². The minimum absolute atomic E-state index is 0.00329. The van der Waals surface area contributed by atoms with E-state index in [9.17, 15) is 4.79 Å². The van der Waals surface area contributed by atoms with E-state index in [0.717, 1.165) is 0 Å². The summed E-state index contributed by atoms with van der Waals surface area (Å²) in [6.45, 7) is 1.26. The number of esters is 1. The molecule has 0 heterocycles. The molecule has 0 saturated heterocycles. The molecule has 1 aromatic rings. The van der Waals surface area contributed by atoms with Crippen molar-refractivity contribution in [1.29, 1.82) is 0 Å². The molecule has 0 saturated carbocycles. The Hall–Kier alpha value is -1.31. The maximum Gasteiger partial charge on any atom is 0.302 e. The van der Waals surface area contributed by atoms with Gasteiger partial charge in [0, 0.05) is 13.3 Å². The molecule has 0 fully saturated rings. The highest BCUT2D eigenvalue weighted by molar-refractivity contribution is 5.65. The molecule has 0 radical (unpaired) electrons. The number of ether oxygens (including phenoxy) is 1. The zero-order valence-corrected chi connectivity index (χ0v) is 6.73. The van der Waals surface area contributed by atoms with E-state index in [4.69, 9.17) is 11.6 Å². The molecule has 2 nitrogen and oxygen atoms in total. The van der Waals surface area contributed by atoms with Crippen LogP contribution in [0.3, 0.4) is 0 Å². The first-order chi connectivity index (χ1) is 7.86. The minimum Gasteiger partial charge on any atom is -0.466 e. The van der Waals surface area contributed by atoms with Crippen molar-refractivity contribution in [3.05, 3.63) is 35.8 Å². The predicted molar refractivity (Wildman–Crippen MR) is 46.8 cm³/mol. The first-order valence-electron chi connectivity index (χ1n) is 6.05. The first kappa shape index (κ1) is 4.08. The van der Waals surface area contributed by atoms with E-state index in [0.29, 0.717) is 0 Å². The Morgan fingerprint density at radius 3 is 2.75 bits per heavy atom. The molecular weight excluding hydrogens is 152 g/mol. The van der Waals surface area contributed by atoms with Gasteiger partial charge in [-0.25, -0.2) is 0 Å². The molecule has 0 N–H and O–H groups in total. The molecule has 12 heavy (non-hydrogen) atoms. The van der Waals surface area contributed by atoms with Gasteiger partial charge in [-0.1, -0.05) is 30.2 Å². The third-order valence-corrected chi connectivity index (χ3v) is 1.21. The van der Waals surface area contributed by atoms with Crippen LogP contribution in [0.5, 0.6) is 0 Å². The highest BCUT2D eigenvalue weighted by Gasteiger charge is 1.93. The molecule has 2 heteroatoms. The van der Waals surface area contributed by atoms with Crippen molar-refractivity contribution in [2.24, 2.45) is 0 Å². The van der Waals surface area contributed by atoms with Crippen LogP contribution < -0.4 is 0 Å². The van der Waals surface area contributed by atoms with Gasteiger partial charge in [-0.15, -0.1) is 0 Å². The van der Waals surface area contributed by atoms with Gasteiger partial charge >= 0.3 is 5.97 Å². The summed E-state index contributed by atoms with van der Waals surface area (Å²) in [7, 11) is 0. The molecule has 64 valence electrons. The molecule has 0 aliphatic carbocycles. The standard InChI is InChI=1S/C10H12O2/c1-9(11)12-8-7-10-5-3-2-4-6-10/h2-6H,7-8H2,1H3/i2D,3D,4D,5D,6D. The van der Waals surface area contributed by atoms with Gasteiger partial charge in [0.15, 0.2) is 0 Å². The Labute approximate surface area is 79.2 Å². The maximum atomic E-state index is 10.6. The number of benzene rings is 1. The summed E-state index contributed by atoms with van der Waals surface area (Å²) in [5.41, 5.74) is 0.164. The van der Waals surface area contributed by atoms with Crippen molar-refractivity contribution in [3.63, 3.8) is 0 Å². The summed E-state index contributed by atoms with van der Waals surface area (Å²) >= 11 is 0. The molecule has 1 aromatic carbocycles. The number of rotatable bonds is 3. The molecule has 0 atom stereocenters. The van der Waals surface area contributed by atoms with Crippen LogP contribution in [0, 0.1) is 0 Å². The van der Waals surface area contributed by atoms with Crippen LogP contribution in [0.25, 0.3) is 0 Å². The van der Waals surface area contributed by atoms with Gasteiger partial charge < -0.3 is 4.74 Å². The van der Waals surface area contributed by atoms with Crippen LogP contribution in [-0.4, -0.2) is 12.6 Å². The van der Waals surface area contributed by atoms with Crippen molar-refractivity contribution in [1.82, 2.24) is 0 Å². The zero-order valence-electron chi connectivity index (χ0n) is 11.7. The van der Waals surface area contributed by atoms with E-state index in [1.165, 1.54) is 6.92 Å². The van der Waals surface area contributed by atoms with E-state index in [2.05, 4.69) is 0 Å². The average Bonchev–Trinajstić information content (AvgIpc) is 2.28. The van der Waals surface area contributed by atoms with E-state index >= 15 is 0 Å². The van der Waals surface area contributed by atoms with Gasteiger partial charge in [-0.3, -0.25) is 4.79 Å². The lowest BCUT2D eigenvalue weighted by atomic mass is 10.2. The second-order valence-corrected chi connectivity index (χ2v) is 2.19. The van der Waals surface area contributed by atoms with E-state index < -0.39 is 12.0 Å². The van der Waals surface area contributed by atoms with Crippen molar-refractivity contribution < 1.29 is 16.4 Å². The number of carbonyl (C=O) groups excluding carboxylic acids is 1. The number of carbonyl (C=O) groups is 1. The fourth-order valence-corrected chi connectivity index (χ4v) is 0.698. The summed E-state index contributed by atoms with van der Waals surface area (Å²) < 4.78 is 42.2. The topological polar surface area (TPSA) is 26.3 Å². The van der Waals surface area contributed by atoms with Gasteiger partial charge in [0.25, 0.3) is 0 Å². The molecule has 0 bridgehead atoms. The van der Waals surface area contributed by atoms with E-state index in [1.54, 1.807) is 0 Å². The summed E-state index contributed by atoms with van der Waals surface area (Å²) in [5.74, 6) is -0.461. The third kappa shape index (κ3) is 3.19. The molecule has 0 aliphatic rings. The highest BCUT2D eigenvalue weighted by Crippen LogP contribution is 1.99. The van der Waals surface area contributed by atoms with Crippen molar-refractivity contribution in [2.45, 2.75) is 13.3 Å². The van der Waals surface area contributed by atoms with Crippen LogP contribution in [0.15, 0.2) is 30.2 Å². The molecule has 0 aromatic heterocycles. The lowest BCUT2D eigenvalue weighted by Gasteiger charge is -2.00. The Bertz CT molecular complexity index is 429. The second-order valence-electron chi connectivity index (χ2n) is 2.19. The number of hydrogen-bond donors (Lipinski definition) is 0. The van der Waals surface area contributed by atoms with Gasteiger partial charge in [0.1, 0.15) is 0 Å². The molecular formula is C10H12O2. The summed E-state index contributed by atoms with van der Waals surface area (Å²) in [5, 5.41) is 0. The molecule has 0 spiro atoms. The average molecular weight is 169 g/mol. The largest absolute Gasteiger partial charge is 0.466 e. The maximum absolute atomic E-state index is 10.6. The lowest BCUT2D eigenvalue weighted by molar-refractivity contribution is -0.140.